The van der Waals surface area contributed by atoms with Crippen molar-refractivity contribution in [3.05, 3.63) is 0 Å². The van der Waals surface area contributed by atoms with Crippen molar-refractivity contribution in [2.75, 3.05) is 33.0 Å². The largest absolute Gasteiger partial charge is 0.376 e. The van der Waals surface area contributed by atoms with Crippen molar-refractivity contribution in [2.24, 2.45) is 5.73 Å². The number of hydrogen-bond acceptors (Lipinski definition) is 5. The van der Waals surface area contributed by atoms with E-state index in [4.69, 9.17) is 19.9 Å². The molecule has 3 N–H and O–H groups in total. The van der Waals surface area contributed by atoms with Crippen LogP contribution in [0.4, 0.5) is 0 Å². The van der Waals surface area contributed by atoms with E-state index in [1.54, 1.807) is 0 Å². The van der Waals surface area contributed by atoms with E-state index in [1.807, 2.05) is 0 Å². The van der Waals surface area contributed by atoms with Crippen LogP contribution in [-0.2, 0) is 19.0 Å². The van der Waals surface area contributed by atoms with E-state index in [-0.39, 0.29) is 5.91 Å². The molecule has 2 aliphatic rings. The molecule has 1 saturated carbocycles. The van der Waals surface area contributed by atoms with Crippen LogP contribution in [0, 0.1) is 0 Å². The molecule has 1 aliphatic heterocycles. The zero-order valence-corrected chi connectivity index (χ0v) is 11.3. The first-order chi connectivity index (χ1) is 9.25. The quantitative estimate of drug-likeness (QED) is 0.678. The maximum absolute atomic E-state index is 11.7. The minimum absolute atomic E-state index is 0.117. The van der Waals surface area contributed by atoms with Gasteiger partial charge in [-0.05, 0) is 25.7 Å². The Balaban J connectivity index is 1.52. The van der Waals surface area contributed by atoms with E-state index < -0.39 is 6.10 Å². The highest BCUT2D eigenvalue weighted by Gasteiger charge is 2.22. The summed E-state index contributed by atoms with van der Waals surface area (Å²) in [5, 5.41) is 2.81. The summed E-state index contributed by atoms with van der Waals surface area (Å²) in [6.07, 6.45) is 3.94. The van der Waals surface area contributed by atoms with Crippen molar-refractivity contribution in [1.82, 2.24) is 5.32 Å². The van der Waals surface area contributed by atoms with Gasteiger partial charge in [-0.3, -0.25) is 4.79 Å². The van der Waals surface area contributed by atoms with Crippen molar-refractivity contribution in [1.29, 1.82) is 0 Å². The van der Waals surface area contributed by atoms with Gasteiger partial charge in [-0.2, -0.15) is 0 Å². The summed E-state index contributed by atoms with van der Waals surface area (Å²) in [6, 6.07) is 0.336. The number of rotatable bonds is 5. The first-order valence-corrected chi connectivity index (χ1v) is 7.10. The normalized spacial score (nSPS) is 31.9. The Labute approximate surface area is 113 Å². The lowest BCUT2D eigenvalue weighted by atomic mass is 9.94. The number of nitrogens with one attached hydrogen (secondary N) is 1. The second-order valence-electron chi connectivity index (χ2n) is 5.13. The van der Waals surface area contributed by atoms with E-state index in [9.17, 15) is 4.79 Å². The number of carbonyl (C=O) groups excluding carboxylic acids is 1. The lowest BCUT2D eigenvalue weighted by Crippen LogP contribution is -2.44. The summed E-state index contributed by atoms with van der Waals surface area (Å²) >= 11 is 0. The zero-order valence-electron chi connectivity index (χ0n) is 11.3. The highest BCUT2D eigenvalue weighted by Crippen LogP contribution is 2.19. The summed E-state index contributed by atoms with van der Waals surface area (Å²) in [7, 11) is 0. The van der Waals surface area contributed by atoms with E-state index >= 15 is 0 Å². The highest BCUT2D eigenvalue weighted by atomic mass is 16.6. The standard InChI is InChI=1S/C13H24N2O4/c14-10-1-3-11(4-2-10)18-6-5-15-13(16)12-9-17-7-8-19-12/h10-12H,1-9,14H2,(H,15,16). The number of amides is 1. The molecular weight excluding hydrogens is 248 g/mol. The van der Waals surface area contributed by atoms with Crippen molar-refractivity contribution in [3.8, 4) is 0 Å². The first kappa shape index (κ1) is 14.7. The molecule has 6 heteroatoms. The van der Waals surface area contributed by atoms with E-state index in [2.05, 4.69) is 5.32 Å². The average Bonchev–Trinajstić information content (AvgIpc) is 2.46. The van der Waals surface area contributed by atoms with Crippen molar-refractivity contribution in [2.45, 2.75) is 43.9 Å². The van der Waals surface area contributed by atoms with Crippen LogP contribution in [0.1, 0.15) is 25.7 Å². The Kier molecular flexibility index (Phi) is 6.03. The van der Waals surface area contributed by atoms with Gasteiger partial charge < -0.3 is 25.3 Å². The van der Waals surface area contributed by atoms with Crippen LogP contribution < -0.4 is 11.1 Å². The molecule has 0 aromatic heterocycles. The lowest BCUT2D eigenvalue weighted by molar-refractivity contribution is -0.147. The third kappa shape index (κ3) is 5.06. The molecule has 1 saturated heterocycles. The van der Waals surface area contributed by atoms with Gasteiger partial charge in [0.1, 0.15) is 0 Å². The van der Waals surface area contributed by atoms with Gasteiger partial charge >= 0.3 is 0 Å². The van der Waals surface area contributed by atoms with E-state index in [0.29, 0.717) is 45.1 Å². The van der Waals surface area contributed by atoms with Crippen LogP contribution in [0.15, 0.2) is 0 Å². The Morgan fingerprint density at radius 3 is 2.74 bits per heavy atom. The van der Waals surface area contributed by atoms with Gasteiger partial charge in [-0.15, -0.1) is 0 Å². The van der Waals surface area contributed by atoms with Crippen LogP contribution >= 0.6 is 0 Å². The second kappa shape index (κ2) is 7.79. The number of carbonyl (C=O) groups is 1. The van der Waals surface area contributed by atoms with Crippen molar-refractivity contribution >= 4 is 5.91 Å². The van der Waals surface area contributed by atoms with Crippen LogP contribution in [0.25, 0.3) is 0 Å². The maximum atomic E-state index is 11.7. The molecule has 0 aromatic carbocycles. The smallest absolute Gasteiger partial charge is 0.251 e. The van der Waals surface area contributed by atoms with Crippen LogP contribution in [0.3, 0.4) is 0 Å². The molecule has 1 unspecified atom stereocenters. The summed E-state index contributed by atoms with van der Waals surface area (Å²) in [6.45, 7) is 2.45. The Morgan fingerprint density at radius 2 is 2.05 bits per heavy atom. The zero-order chi connectivity index (χ0) is 13.5. The third-order valence-electron chi connectivity index (χ3n) is 3.58. The minimum Gasteiger partial charge on any atom is -0.376 e. The Hall–Kier alpha value is -0.690. The van der Waals surface area contributed by atoms with Crippen molar-refractivity contribution < 1.29 is 19.0 Å². The van der Waals surface area contributed by atoms with Gasteiger partial charge in [0.25, 0.3) is 5.91 Å². The monoisotopic (exact) mass is 272 g/mol. The Bertz CT molecular complexity index is 274. The first-order valence-electron chi connectivity index (χ1n) is 7.10. The molecule has 1 atom stereocenters. The summed E-state index contributed by atoms with van der Waals surface area (Å²) in [5.41, 5.74) is 5.84. The van der Waals surface area contributed by atoms with Gasteiger partial charge in [0, 0.05) is 12.6 Å². The fourth-order valence-electron chi connectivity index (χ4n) is 2.41. The van der Waals surface area contributed by atoms with Gasteiger partial charge in [0.05, 0.1) is 32.5 Å². The molecule has 0 radical (unpaired) electrons. The molecule has 110 valence electrons. The van der Waals surface area contributed by atoms with Crippen molar-refractivity contribution in [3.63, 3.8) is 0 Å². The minimum atomic E-state index is -0.471. The molecular formula is C13H24N2O4. The topological polar surface area (TPSA) is 82.8 Å². The number of hydrogen-bond donors (Lipinski definition) is 2. The molecule has 2 rings (SSSR count). The van der Waals surface area contributed by atoms with Gasteiger partial charge in [0.2, 0.25) is 0 Å². The van der Waals surface area contributed by atoms with Crippen LogP contribution in [0.2, 0.25) is 0 Å². The predicted molar refractivity (Wildman–Crippen MR) is 69.8 cm³/mol. The summed E-state index contributed by atoms with van der Waals surface area (Å²) < 4.78 is 16.2. The third-order valence-corrected chi connectivity index (χ3v) is 3.58. The van der Waals surface area contributed by atoms with Crippen LogP contribution in [-0.4, -0.2) is 57.1 Å². The Morgan fingerprint density at radius 1 is 1.26 bits per heavy atom. The average molecular weight is 272 g/mol. The fourth-order valence-corrected chi connectivity index (χ4v) is 2.41. The van der Waals surface area contributed by atoms with Gasteiger partial charge in [0.15, 0.2) is 6.10 Å². The summed E-state index contributed by atoms with van der Waals surface area (Å²) in [4.78, 5) is 11.7. The molecule has 1 heterocycles. The predicted octanol–water partition coefficient (Wildman–Crippen LogP) is -0.195. The van der Waals surface area contributed by atoms with Gasteiger partial charge in [-0.25, -0.2) is 0 Å². The molecule has 0 spiro atoms. The number of ether oxygens (including phenoxy) is 3. The van der Waals surface area contributed by atoms with E-state index in [1.165, 1.54) is 0 Å². The maximum Gasteiger partial charge on any atom is 0.251 e. The molecule has 19 heavy (non-hydrogen) atoms. The molecule has 1 aliphatic carbocycles. The SMILES string of the molecule is NC1CCC(OCCNC(=O)C2COCCO2)CC1. The fraction of sp³-hybridized carbons (Fsp3) is 0.923. The highest BCUT2D eigenvalue weighted by molar-refractivity contribution is 5.80. The molecule has 1 amide bonds. The molecule has 0 aromatic rings. The van der Waals surface area contributed by atoms with Gasteiger partial charge in [-0.1, -0.05) is 0 Å². The molecule has 2 fully saturated rings. The summed E-state index contributed by atoms with van der Waals surface area (Å²) in [5.74, 6) is -0.117. The molecule has 6 nitrogen and oxygen atoms in total. The van der Waals surface area contributed by atoms with Crippen LogP contribution in [0.5, 0.6) is 0 Å². The second-order valence-corrected chi connectivity index (χ2v) is 5.13. The molecule has 0 bridgehead atoms. The number of nitrogens with two attached hydrogens (primary N) is 1. The lowest BCUT2D eigenvalue weighted by Gasteiger charge is -2.26. The van der Waals surface area contributed by atoms with E-state index in [0.717, 1.165) is 25.7 Å².